The molecule has 5 heteroatoms. The molecule has 0 aliphatic heterocycles. The van der Waals surface area contributed by atoms with E-state index in [9.17, 15) is 0 Å². The zero-order valence-corrected chi connectivity index (χ0v) is 10.7. The number of rotatable bonds is 4. The number of nitrogens with two attached hydrogens (primary N) is 2. The molecule has 0 amide bonds. The zero-order valence-electron chi connectivity index (χ0n) is 10.7. The fourth-order valence-electron chi connectivity index (χ4n) is 4.20. The van der Waals surface area contributed by atoms with Crippen LogP contribution in [0.25, 0.3) is 0 Å². The quantitative estimate of drug-likeness (QED) is 0.533. The second-order valence-electron chi connectivity index (χ2n) is 6.38. The Morgan fingerprint density at radius 2 is 2.06 bits per heavy atom. The largest absolute Gasteiger partial charge is 0.451 e. The van der Waals surface area contributed by atoms with E-state index in [1.54, 1.807) is 0 Å². The molecule has 0 aromatic heterocycles. The van der Waals surface area contributed by atoms with Gasteiger partial charge >= 0.3 is 7.12 Å². The smallest absolute Gasteiger partial charge is 0.427 e. The minimum atomic E-state index is -1.18. The van der Waals surface area contributed by atoms with Gasteiger partial charge in [0.05, 0.1) is 0 Å². The molecule has 0 radical (unpaired) electrons. The van der Waals surface area contributed by atoms with E-state index in [1.807, 2.05) is 0 Å². The van der Waals surface area contributed by atoms with E-state index in [2.05, 4.69) is 6.92 Å². The monoisotopic (exact) mass is 240 g/mol. The number of fused-ring (bicyclic) bond motifs is 1. The van der Waals surface area contributed by atoms with Crippen molar-refractivity contribution in [3.8, 4) is 0 Å². The van der Waals surface area contributed by atoms with Crippen LogP contribution < -0.4 is 11.5 Å². The van der Waals surface area contributed by atoms with Gasteiger partial charge in [-0.1, -0.05) is 6.42 Å². The van der Waals surface area contributed by atoms with E-state index in [0.29, 0.717) is 30.1 Å². The summed E-state index contributed by atoms with van der Waals surface area (Å²) in [5.74, 6) is 1.86. The summed E-state index contributed by atoms with van der Waals surface area (Å²) < 4.78 is 0. The highest BCUT2D eigenvalue weighted by Gasteiger charge is 2.51. The first-order valence-electron chi connectivity index (χ1n) is 6.81. The first kappa shape index (κ1) is 13.3. The topological polar surface area (TPSA) is 92.5 Å². The molecular formula is C12H25BN2O2. The standard InChI is InChI=1S/C12H25BN2O2/c1-12(15)7-8-5-9(14)6-10(8)11(12)3-2-4-13(16)17/h8-11,16-17H,2-7,14-15H2,1H3/t8-,9+,10-,11+,12+/m1/s1. The van der Waals surface area contributed by atoms with Gasteiger partial charge in [0.2, 0.25) is 0 Å². The first-order valence-corrected chi connectivity index (χ1v) is 6.81. The lowest BCUT2D eigenvalue weighted by atomic mass is 9.76. The number of hydrogen-bond acceptors (Lipinski definition) is 4. The molecule has 2 aliphatic rings. The molecule has 17 heavy (non-hydrogen) atoms. The van der Waals surface area contributed by atoms with Gasteiger partial charge in [0.15, 0.2) is 0 Å². The van der Waals surface area contributed by atoms with E-state index >= 15 is 0 Å². The van der Waals surface area contributed by atoms with Gasteiger partial charge in [-0.05, 0) is 56.7 Å². The van der Waals surface area contributed by atoms with Gasteiger partial charge in [-0.2, -0.15) is 0 Å². The van der Waals surface area contributed by atoms with E-state index in [1.165, 1.54) is 0 Å². The molecule has 0 saturated heterocycles. The molecule has 98 valence electrons. The van der Waals surface area contributed by atoms with E-state index in [4.69, 9.17) is 21.5 Å². The lowest BCUT2D eigenvalue weighted by Crippen LogP contribution is -2.42. The Balaban J connectivity index is 1.93. The molecule has 2 rings (SSSR count). The van der Waals surface area contributed by atoms with E-state index < -0.39 is 7.12 Å². The zero-order chi connectivity index (χ0) is 12.6. The Morgan fingerprint density at radius 1 is 1.35 bits per heavy atom. The Kier molecular flexibility index (Phi) is 3.83. The van der Waals surface area contributed by atoms with Crippen molar-refractivity contribution in [3.63, 3.8) is 0 Å². The van der Waals surface area contributed by atoms with Crippen molar-refractivity contribution in [2.24, 2.45) is 29.2 Å². The summed E-state index contributed by atoms with van der Waals surface area (Å²) in [6.45, 7) is 2.15. The van der Waals surface area contributed by atoms with E-state index in [-0.39, 0.29) is 5.54 Å². The summed E-state index contributed by atoms with van der Waals surface area (Å²) in [6.07, 6.45) is 5.60. The second-order valence-corrected chi connectivity index (χ2v) is 6.38. The average molecular weight is 240 g/mol. The van der Waals surface area contributed by atoms with Crippen LogP contribution in [0.1, 0.15) is 39.0 Å². The SMILES string of the molecule is C[C@]1(N)C[C@H]2C[C@H](N)C[C@H]2[C@@H]1CCCB(O)O. The van der Waals surface area contributed by atoms with Crippen LogP contribution >= 0.6 is 0 Å². The second kappa shape index (κ2) is 4.88. The van der Waals surface area contributed by atoms with Gasteiger partial charge in [0.25, 0.3) is 0 Å². The number of hydrogen-bond donors (Lipinski definition) is 4. The molecule has 2 fully saturated rings. The fraction of sp³-hybridized carbons (Fsp3) is 1.00. The maximum Gasteiger partial charge on any atom is 0.451 e. The lowest BCUT2D eigenvalue weighted by Gasteiger charge is -2.31. The van der Waals surface area contributed by atoms with Gasteiger partial charge in [0, 0.05) is 11.6 Å². The van der Waals surface area contributed by atoms with Gasteiger partial charge < -0.3 is 21.5 Å². The Morgan fingerprint density at radius 3 is 2.71 bits per heavy atom. The summed E-state index contributed by atoms with van der Waals surface area (Å²) in [5, 5.41) is 17.8. The Labute approximate surface area is 104 Å². The summed E-state index contributed by atoms with van der Waals surface area (Å²) in [4.78, 5) is 0. The van der Waals surface area contributed by atoms with Crippen LogP contribution in [-0.4, -0.2) is 28.7 Å². The minimum Gasteiger partial charge on any atom is -0.427 e. The highest BCUT2D eigenvalue weighted by atomic mass is 16.4. The molecule has 2 saturated carbocycles. The van der Waals surface area contributed by atoms with Crippen molar-refractivity contribution in [2.75, 3.05) is 0 Å². The molecule has 4 nitrogen and oxygen atoms in total. The molecule has 0 spiro atoms. The Bertz CT molecular complexity index is 273. The van der Waals surface area contributed by atoms with Crippen molar-refractivity contribution in [1.29, 1.82) is 0 Å². The normalized spacial score (nSPS) is 45.0. The summed E-state index contributed by atoms with van der Waals surface area (Å²) in [6, 6.07) is 0.354. The molecule has 0 aromatic rings. The molecule has 0 bridgehead atoms. The highest BCUT2D eigenvalue weighted by Crippen LogP contribution is 2.52. The highest BCUT2D eigenvalue weighted by molar-refractivity contribution is 6.40. The van der Waals surface area contributed by atoms with Crippen LogP contribution in [0.3, 0.4) is 0 Å². The van der Waals surface area contributed by atoms with E-state index in [0.717, 1.165) is 32.1 Å². The third-order valence-electron chi connectivity index (χ3n) is 4.83. The van der Waals surface area contributed by atoms with Crippen molar-refractivity contribution >= 4 is 7.12 Å². The van der Waals surface area contributed by atoms with Crippen molar-refractivity contribution < 1.29 is 10.0 Å². The van der Waals surface area contributed by atoms with Gasteiger partial charge in [-0.25, -0.2) is 0 Å². The molecule has 5 atom stereocenters. The van der Waals surface area contributed by atoms with Gasteiger partial charge in [0.1, 0.15) is 0 Å². The predicted molar refractivity (Wildman–Crippen MR) is 69.1 cm³/mol. The summed E-state index contributed by atoms with van der Waals surface area (Å²) >= 11 is 0. The maximum absolute atomic E-state index is 8.89. The van der Waals surface area contributed by atoms with Crippen LogP contribution in [0.2, 0.25) is 6.32 Å². The average Bonchev–Trinajstić information content (AvgIpc) is 2.61. The molecule has 2 aliphatic carbocycles. The molecule has 0 unspecified atom stereocenters. The molecule has 0 heterocycles. The lowest BCUT2D eigenvalue weighted by molar-refractivity contribution is 0.253. The van der Waals surface area contributed by atoms with Crippen LogP contribution in [0.15, 0.2) is 0 Å². The summed E-state index contributed by atoms with van der Waals surface area (Å²) in [5.41, 5.74) is 12.4. The van der Waals surface area contributed by atoms with Gasteiger partial charge in [-0.3, -0.25) is 0 Å². The van der Waals surface area contributed by atoms with Crippen molar-refractivity contribution in [3.05, 3.63) is 0 Å². The Hall–Kier alpha value is -0.0951. The third-order valence-corrected chi connectivity index (χ3v) is 4.83. The molecule has 6 N–H and O–H groups in total. The van der Waals surface area contributed by atoms with Crippen molar-refractivity contribution in [2.45, 2.75) is 56.9 Å². The first-order chi connectivity index (χ1) is 7.90. The molecular weight excluding hydrogens is 215 g/mol. The van der Waals surface area contributed by atoms with Crippen LogP contribution in [-0.2, 0) is 0 Å². The molecule has 0 aromatic carbocycles. The van der Waals surface area contributed by atoms with Crippen LogP contribution in [0.5, 0.6) is 0 Å². The third kappa shape index (κ3) is 2.84. The van der Waals surface area contributed by atoms with Gasteiger partial charge in [-0.15, -0.1) is 0 Å². The van der Waals surface area contributed by atoms with Crippen LogP contribution in [0, 0.1) is 17.8 Å². The predicted octanol–water partition coefficient (Wildman–Crippen LogP) is 0.330. The van der Waals surface area contributed by atoms with Crippen LogP contribution in [0.4, 0.5) is 0 Å². The minimum absolute atomic E-state index is 0.0874. The maximum atomic E-state index is 8.89. The van der Waals surface area contributed by atoms with Crippen molar-refractivity contribution in [1.82, 2.24) is 0 Å². The fourth-order valence-corrected chi connectivity index (χ4v) is 4.20. The summed E-state index contributed by atoms with van der Waals surface area (Å²) in [7, 11) is -1.18.